The van der Waals surface area contributed by atoms with Crippen LogP contribution in [0.2, 0.25) is 0 Å². The Bertz CT molecular complexity index is 282. The van der Waals surface area contributed by atoms with E-state index in [1.54, 1.807) is 0 Å². The molecule has 16 heavy (non-hydrogen) atoms. The van der Waals surface area contributed by atoms with Crippen LogP contribution in [-0.2, 0) is 13.1 Å². The van der Waals surface area contributed by atoms with Crippen LogP contribution in [0, 0.1) is 5.92 Å². The Morgan fingerprint density at radius 3 is 2.88 bits per heavy atom. The Labute approximate surface area is 97.6 Å². The maximum Gasteiger partial charge on any atom is 0.165 e. The van der Waals surface area contributed by atoms with Crippen molar-refractivity contribution in [2.75, 3.05) is 6.54 Å². The lowest BCUT2D eigenvalue weighted by atomic mass is 10.1. The summed E-state index contributed by atoms with van der Waals surface area (Å²) in [6, 6.07) is 0. The second kappa shape index (κ2) is 7.33. The number of rotatable bonds is 8. The molecule has 0 radical (unpaired) electrons. The molecule has 0 saturated heterocycles. The minimum atomic E-state index is 0.748. The highest BCUT2D eigenvalue weighted by atomic mass is 15.5. The Balaban J connectivity index is 2.32. The van der Waals surface area contributed by atoms with Crippen molar-refractivity contribution in [2.45, 2.75) is 53.1 Å². The highest BCUT2D eigenvalue weighted by Gasteiger charge is 2.05. The highest BCUT2D eigenvalue weighted by Crippen LogP contribution is 2.05. The average Bonchev–Trinajstić information content (AvgIpc) is 2.66. The van der Waals surface area contributed by atoms with Crippen molar-refractivity contribution in [1.82, 2.24) is 25.5 Å². The van der Waals surface area contributed by atoms with Crippen molar-refractivity contribution >= 4 is 0 Å². The zero-order valence-corrected chi connectivity index (χ0v) is 10.6. The van der Waals surface area contributed by atoms with Crippen molar-refractivity contribution in [3.63, 3.8) is 0 Å². The minimum Gasteiger partial charge on any atom is -0.310 e. The van der Waals surface area contributed by atoms with Crippen LogP contribution in [-0.4, -0.2) is 26.8 Å². The summed E-state index contributed by atoms with van der Waals surface area (Å²) < 4.78 is 1.91. The smallest absolute Gasteiger partial charge is 0.165 e. The van der Waals surface area contributed by atoms with E-state index in [1.165, 1.54) is 6.42 Å². The van der Waals surface area contributed by atoms with Gasteiger partial charge in [-0.05, 0) is 42.2 Å². The van der Waals surface area contributed by atoms with E-state index in [4.69, 9.17) is 0 Å². The van der Waals surface area contributed by atoms with Gasteiger partial charge in [-0.2, -0.15) is 0 Å². The number of hydrogen-bond donors (Lipinski definition) is 1. The molecule has 0 amide bonds. The fraction of sp³-hybridized carbons (Fsp3) is 0.909. The molecule has 5 nitrogen and oxygen atoms in total. The first-order valence-corrected chi connectivity index (χ1v) is 6.19. The molecule has 1 aromatic rings. The number of aromatic nitrogens is 4. The predicted molar refractivity (Wildman–Crippen MR) is 63.9 cm³/mol. The molecule has 92 valence electrons. The second-order valence-corrected chi connectivity index (χ2v) is 4.53. The molecule has 0 aliphatic carbocycles. The van der Waals surface area contributed by atoms with Crippen molar-refractivity contribution in [3.05, 3.63) is 5.82 Å². The van der Waals surface area contributed by atoms with Crippen LogP contribution >= 0.6 is 0 Å². The lowest BCUT2D eigenvalue weighted by molar-refractivity contribution is 0.466. The molecule has 5 heteroatoms. The van der Waals surface area contributed by atoms with Crippen LogP contribution in [0.15, 0.2) is 0 Å². The molecule has 1 rings (SSSR count). The molecule has 1 aromatic heterocycles. The van der Waals surface area contributed by atoms with Crippen LogP contribution in [0.3, 0.4) is 0 Å². The van der Waals surface area contributed by atoms with Gasteiger partial charge in [-0.1, -0.05) is 20.8 Å². The largest absolute Gasteiger partial charge is 0.310 e. The molecule has 0 saturated carbocycles. The van der Waals surface area contributed by atoms with Crippen LogP contribution in [0.5, 0.6) is 0 Å². The van der Waals surface area contributed by atoms with Gasteiger partial charge in [0.2, 0.25) is 0 Å². The second-order valence-electron chi connectivity index (χ2n) is 4.53. The summed E-state index contributed by atoms with van der Waals surface area (Å²) in [5, 5.41) is 15.1. The third-order valence-corrected chi connectivity index (χ3v) is 2.47. The van der Waals surface area contributed by atoms with Crippen molar-refractivity contribution in [2.24, 2.45) is 5.92 Å². The summed E-state index contributed by atoms with van der Waals surface area (Å²) in [6.45, 7) is 9.33. The van der Waals surface area contributed by atoms with Gasteiger partial charge in [0.05, 0.1) is 6.54 Å². The molecule has 0 unspecified atom stereocenters. The first kappa shape index (κ1) is 13.1. The van der Waals surface area contributed by atoms with Gasteiger partial charge < -0.3 is 5.32 Å². The highest BCUT2D eigenvalue weighted by molar-refractivity contribution is 4.79. The van der Waals surface area contributed by atoms with Gasteiger partial charge in [-0.25, -0.2) is 4.68 Å². The zero-order chi connectivity index (χ0) is 11.8. The Morgan fingerprint density at radius 2 is 2.19 bits per heavy atom. The monoisotopic (exact) mass is 225 g/mol. The Hall–Kier alpha value is -0.970. The quantitative estimate of drug-likeness (QED) is 0.683. The van der Waals surface area contributed by atoms with Gasteiger partial charge in [0.1, 0.15) is 0 Å². The van der Waals surface area contributed by atoms with Crippen molar-refractivity contribution in [1.29, 1.82) is 0 Å². The maximum absolute atomic E-state index is 4.03. The number of nitrogens with zero attached hydrogens (tertiary/aromatic N) is 4. The van der Waals surface area contributed by atoms with Crippen molar-refractivity contribution < 1.29 is 0 Å². The van der Waals surface area contributed by atoms with Gasteiger partial charge in [0, 0.05) is 6.54 Å². The summed E-state index contributed by atoms with van der Waals surface area (Å²) in [5.41, 5.74) is 0. The number of hydrogen-bond acceptors (Lipinski definition) is 4. The third kappa shape index (κ3) is 4.70. The van der Waals surface area contributed by atoms with E-state index in [1.807, 2.05) is 4.68 Å². The summed E-state index contributed by atoms with van der Waals surface area (Å²) in [7, 11) is 0. The normalized spacial score (nSPS) is 11.2. The predicted octanol–water partition coefficient (Wildman–Crippen LogP) is 1.61. The molecule has 0 aliphatic rings. The van der Waals surface area contributed by atoms with E-state index >= 15 is 0 Å². The van der Waals surface area contributed by atoms with Gasteiger partial charge >= 0.3 is 0 Å². The summed E-state index contributed by atoms with van der Waals surface area (Å²) in [4.78, 5) is 0. The summed E-state index contributed by atoms with van der Waals surface area (Å²) in [6.07, 6.45) is 3.50. The van der Waals surface area contributed by atoms with E-state index < -0.39 is 0 Å². The number of aryl methyl sites for hydroxylation is 1. The average molecular weight is 225 g/mol. The standard InChI is InChI=1S/C11H23N5/c1-4-7-12-9-11-13-14-15-16(11)8-5-6-10(2)3/h10,12H,4-9H2,1-3H3. The Morgan fingerprint density at radius 1 is 1.38 bits per heavy atom. The number of tetrazole rings is 1. The molecule has 1 N–H and O–H groups in total. The van der Waals surface area contributed by atoms with Gasteiger partial charge in [0.15, 0.2) is 5.82 Å². The molecule has 0 bridgehead atoms. The lowest BCUT2D eigenvalue weighted by Crippen LogP contribution is -2.18. The maximum atomic E-state index is 4.03. The molecular formula is C11H23N5. The molecule has 1 heterocycles. The van der Waals surface area contributed by atoms with Crippen LogP contribution < -0.4 is 5.32 Å². The van der Waals surface area contributed by atoms with Crippen LogP contribution in [0.25, 0.3) is 0 Å². The van der Waals surface area contributed by atoms with Crippen LogP contribution in [0.1, 0.15) is 45.9 Å². The lowest BCUT2D eigenvalue weighted by Gasteiger charge is -2.06. The fourth-order valence-corrected chi connectivity index (χ4v) is 1.55. The first-order valence-electron chi connectivity index (χ1n) is 6.19. The van der Waals surface area contributed by atoms with E-state index in [0.717, 1.165) is 44.2 Å². The van der Waals surface area contributed by atoms with E-state index in [9.17, 15) is 0 Å². The fourth-order valence-electron chi connectivity index (χ4n) is 1.55. The van der Waals surface area contributed by atoms with Crippen LogP contribution in [0.4, 0.5) is 0 Å². The molecule has 0 fully saturated rings. The van der Waals surface area contributed by atoms with Gasteiger partial charge in [-0.3, -0.25) is 0 Å². The third-order valence-electron chi connectivity index (χ3n) is 2.47. The molecule has 0 aromatic carbocycles. The number of nitrogens with one attached hydrogen (secondary N) is 1. The first-order chi connectivity index (χ1) is 7.74. The molecule has 0 atom stereocenters. The van der Waals surface area contributed by atoms with E-state index in [2.05, 4.69) is 41.6 Å². The van der Waals surface area contributed by atoms with Gasteiger partial charge in [0.25, 0.3) is 0 Å². The van der Waals surface area contributed by atoms with Gasteiger partial charge in [-0.15, -0.1) is 5.10 Å². The Kier molecular flexibility index (Phi) is 6.00. The summed E-state index contributed by atoms with van der Waals surface area (Å²) in [5.74, 6) is 1.69. The van der Waals surface area contributed by atoms with E-state index in [0.29, 0.717) is 0 Å². The molecular weight excluding hydrogens is 202 g/mol. The summed E-state index contributed by atoms with van der Waals surface area (Å²) >= 11 is 0. The zero-order valence-electron chi connectivity index (χ0n) is 10.6. The molecule has 0 spiro atoms. The van der Waals surface area contributed by atoms with E-state index in [-0.39, 0.29) is 0 Å². The molecule has 0 aliphatic heterocycles. The SMILES string of the molecule is CCCNCc1nnnn1CCCC(C)C. The topological polar surface area (TPSA) is 55.6 Å². The minimum absolute atomic E-state index is 0.748. The van der Waals surface area contributed by atoms with Crippen molar-refractivity contribution in [3.8, 4) is 0 Å².